The number of hydrogen-bond donors (Lipinski definition) is 3. The minimum absolute atomic E-state index is 0.0180. The summed E-state index contributed by atoms with van der Waals surface area (Å²) in [7, 11) is 0. The second-order valence-corrected chi connectivity index (χ2v) is 11.1. The molecule has 2 spiro atoms. The highest BCUT2D eigenvalue weighted by Gasteiger charge is 2.86. The van der Waals surface area contributed by atoms with Gasteiger partial charge in [-0.3, -0.25) is 14.4 Å². The Labute approximate surface area is 192 Å². The third-order valence-electron chi connectivity index (χ3n) is 9.52. The van der Waals surface area contributed by atoms with Crippen molar-refractivity contribution >= 4 is 17.7 Å². The number of Topliss-reactive ketones (excluding diaryl/α,β-unsaturated/α-hetero) is 1. The van der Waals surface area contributed by atoms with Crippen LogP contribution >= 0.6 is 0 Å². The molecule has 0 aromatic heterocycles. The Balaban J connectivity index is 1.73. The fourth-order valence-corrected chi connectivity index (χ4v) is 8.44. The summed E-state index contributed by atoms with van der Waals surface area (Å²) in [5, 5.41) is 35.1. The lowest BCUT2D eigenvalue weighted by Crippen LogP contribution is -2.85. The topological polar surface area (TPSA) is 140 Å². The van der Waals surface area contributed by atoms with E-state index in [1.807, 2.05) is 6.92 Å². The Kier molecular flexibility index (Phi) is 4.78. The molecule has 2 heterocycles. The number of carbonyl (C=O) groups excluding carboxylic acids is 3. The van der Waals surface area contributed by atoms with Crippen LogP contribution in [0.3, 0.4) is 0 Å². The molecule has 9 nitrogen and oxygen atoms in total. The van der Waals surface area contributed by atoms with Crippen molar-refractivity contribution in [2.24, 2.45) is 34.0 Å². The van der Waals surface area contributed by atoms with Gasteiger partial charge in [0.25, 0.3) is 0 Å². The number of esters is 2. The Morgan fingerprint density at radius 2 is 1.91 bits per heavy atom. The van der Waals surface area contributed by atoms with Gasteiger partial charge in [0, 0.05) is 36.5 Å². The fraction of sp³-hybridized carbons (Fsp3) is 0.792. The largest absolute Gasteiger partial charge is 0.465 e. The first-order valence-corrected chi connectivity index (χ1v) is 11.6. The number of aliphatic hydroxyl groups is 3. The van der Waals surface area contributed by atoms with Crippen LogP contribution < -0.4 is 0 Å². The number of carbonyl (C=O) groups is 3. The molecule has 0 aromatic rings. The molecule has 182 valence electrons. The quantitative estimate of drug-likeness (QED) is 0.402. The van der Waals surface area contributed by atoms with Crippen molar-refractivity contribution in [3.8, 4) is 0 Å². The van der Waals surface area contributed by atoms with Crippen LogP contribution in [0.15, 0.2) is 12.2 Å². The van der Waals surface area contributed by atoms with Crippen molar-refractivity contribution < 1.29 is 43.9 Å². The molecule has 2 saturated heterocycles. The first kappa shape index (κ1) is 23.0. The maximum atomic E-state index is 13.7. The number of rotatable bonds is 3. The molecule has 6 aliphatic rings. The third kappa shape index (κ3) is 2.54. The van der Waals surface area contributed by atoms with Gasteiger partial charge >= 0.3 is 11.9 Å². The first-order chi connectivity index (χ1) is 15.3. The zero-order valence-corrected chi connectivity index (χ0v) is 19.2. The lowest BCUT2D eigenvalue weighted by molar-refractivity contribution is -0.457. The standard InChI is InChI=1S/C24H32O9/c1-11-14-7-15(33-13(3)26)17-22-10-32-24(30,23(17,8-14)19(11)28)20(29)18(22)21(4,6-5-16(22)27)9-31-12(2)25/h14-18,20,27,29-30H,1,5-10H2,2-4H3/t14-,15-,16-,17+,18-,20+,21+,22-,23+,24-/m1/s1. The summed E-state index contributed by atoms with van der Waals surface area (Å²) < 4.78 is 17.0. The van der Waals surface area contributed by atoms with E-state index < -0.39 is 69.9 Å². The van der Waals surface area contributed by atoms with Gasteiger partial charge in [0.15, 0.2) is 5.78 Å². The Hall–Kier alpha value is -1.81. The summed E-state index contributed by atoms with van der Waals surface area (Å²) in [6.45, 7) is 8.27. The molecule has 4 aliphatic carbocycles. The zero-order valence-electron chi connectivity index (χ0n) is 19.2. The van der Waals surface area contributed by atoms with E-state index in [1.54, 1.807) is 0 Å². The molecule has 0 unspecified atom stereocenters. The van der Waals surface area contributed by atoms with Gasteiger partial charge in [-0.05, 0) is 37.2 Å². The molecule has 0 radical (unpaired) electrons. The monoisotopic (exact) mass is 464 g/mol. The smallest absolute Gasteiger partial charge is 0.302 e. The molecule has 3 N–H and O–H groups in total. The van der Waals surface area contributed by atoms with Gasteiger partial charge in [0.05, 0.1) is 24.7 Å². The molecule has 2 aliphatic heterocycles. The molecule has 4 saturated carbocycles. The highest BCUT2D eigenvalue weighted by atomic mass is 16.6. The van der Waals surface area contributed by atoms with E-state index in [-0.39, 0.29) is 25.6 Å². The average molecular weight is 465 g/mol. The number of fused-ring (bicyclic) bond motifs is 2. The fourth-order valence-electron chi connectivity index (χ4n) is 8.44. The van der Waals surface area contributed by atoms with Crippen LogP contribution in [0.5, 0.6) is 0 Å². The second-order valence-electron chi connectivity index (χ2n) is 11.1. The predicted octanol–water partition coefficient (Wildman–Crippen LogP) is 0.490. The molecule has 4 bridgehead atoms. The van der Waals surface area contributed by atoms with Gasteiger partial charge in [0.2, 0.25) is 5.79 Å². The lowest BCUT2D eigenvalue weighted by Gasteiger charge is -2.74. The van der Waals surface area contributed by atoms with Crippen molar-refractivity contribution in [3.63, 3.8) is 0 Å². The lowest BCUT2D eigenvalue weighted by atomic mass is 9.35. The highest BCUT2D eigenvalue weighted by molar-refractivity contribution is 6.04. The van der Waals surface area contributed by atoms with E-state index in [2.05, 4.69) is 6.58 Å². The van der Waals surface area contributed by atoms with E-state index in [0.717, 1.165) is 0 Å². The van der Waals surface area contributed by atoms with Gasteiger partial charge in [0.1, 0.15) is 12.2 Å². The first-order valence-electron chi connectivity index (χ1n) is 11.6. The third-order valence-corrected chi connectivity index (χ3v) is 9.52. The van der Waals surface area contributed by atoms with Crippen LogP contribution in [-0.2, 0) is 28.6 Å². The summed E-state index contributed by atoms with van der Waals surface area (Å²) >= 11 is 0. The Morgan fingerprint density at radius 1 is 1.21 bits per heavy atom. The van der Waals surface area contributed by atoms with Crippen molar-refractivity contribution in [2.75, 3.05) is 13.2 Å². The zero-order chi connectivity index (χ0) is 24.1. The summed E-state index contributed by atoms with van der Waals surface area (Å²) in [6.07, 6.45) is -1.95. The van der Waals surface area contributed by atoms with Crippen molar-refractivity contribution in [1.82, 2.24) is 0 Å². The number of hydrogen-bond acceptors (Lipinski definition) is 9. The van der Waals surface area contributed by atoms with Crippen LogP contribution in [0, 0.1) is 34.0 Å². The van der Waals surface area contributed by atoms with Crippen LogP contribution in [0.2, 0.25) is 0 Å². The van der Waals surface area contributed by atoms with E-state index in [0.29, 0.717) is 24.8 Å². The number of allylic oxidation sites excluding steroid dienone is 1. The van der Waals surface area contributed by atoms with Crippen molar-refractivity contribution in [2.45, 2.75) is 70.6 Å². The minimum Gasteiger partial charge on any atom is -0.465 e. The molecular weight excluding hydrogens is 432 g/mol. The van der Waals surface area contributed by atoms with Gasteiger partial charge in [-0.15, -0.1) is 0 Å². The van der Waals surface area contributed by atoms with Gasteiger partial charge in [-0.2, -0.15) is 0 Å². The molecular formula is C24H32O9. The van der Waals surface area contributed by atoms with E-state index in [1.165, 1.54) is 13.8 Å². The molecule has 33 heavy (non-hydrogen) atoms. The number of aliphatic hydroxyl groups excluding tert-OH is 2. The van der Waals surface area contributed by atoms with Crippen molar-refractivity contribution in [1.29, 1.82) is 0 Å². The second kappa shape index (κ2) is 6.87. The normalized spacial score (nSPS) is 52.2. The van der Waals surface area contributed by atoms with E-state index in [9.17, 15) is 29.7 Å². The van der Waals surface area contributed by atoms with Crippen LogP contribution in [-0.4, -0.2) is 70.4 Å². The summed E-state index contributed by atoms with van der Waals surface area (Å²) in [5.41, 5.74) is -3.25. The molecule has 6 fully saturated rings. The Bertz CT molecular complexity index is 946. The molecule has 6 rings (SSSR count). The maximum Gasteiger partial charge on any atom is 0.302 e. The van der Waals surface area contributed by atoms with Gasteiger partial charge in [-0.25, -0.2) is 0 Å². The van der Waals surface area contributed by atoms with Gasteiger partial charge in [-0.1, -0.05) is 13.5 Å². The maximum absolute atomic E-state index is 13.7. The summed E-state index contributed by atoms with van der Waals surface area (Å²) in [6, 6.07) is 0. The molecule has 0 amide bonds. The SMILES string of the molecule is C=C1C(=O)[C@]23C[C@H]1C[C@@H](OC(C)=O)[C@H]2[C@]12CO[C@]3(O)[C@@H](O)[C@@H]1[C@](C)(COC(C)=O)CC[C@H]2O. The summed E-state index contributed by atoms with van der Waals surface area (Å²) in [5.74, 6) is -5.50. The van der Waals surface area contributed by atoms with Gasteiger partial charge < -0.3 is 29.5 Å². The average Bonchev–Trinajstić information content (AvgIpc) is 2.93. The Morgan fingerprint density at radius 3 is 2.55 bits per heavy atom. The molecule has 10 atom stereocenters. The predicted molar refractivity (Wildman–Crippen MR) is 111 cm³/mol. The molecule has 9 heteroatoms. The molecule has 0 aromatic carbocycles. The van der Waals surface area contributed by atoms with E-state index in [4.69, 9.17) is 14.2 Å². The van der Waals surface area contributed by atoms with Crippen LogP contribution in [0.1, 0.15) is 46.5 Å². The van der Waals surface area contributed by atoms with E-state index >= 15 is 0 Å². The van der Waals surface area contributed by atoms with Crippen LogP contribution in [0.4, 0.5) is 0 Å². The van der Waals surface area contributed by atoms with Crippen LogP contribution in [0.25, 0.3) is 0 Å². The highest BCUT2D eigenvalue weighted by Crippen LogP contribution is 2.76. The van der Waals surface area contributed by atoms with Crippen molar-refractivity contribution in [3.05, 3.63) is 12.2 Å². The number of ether oxygens (including phenoxy) is 3. The number of ketones is 1. The summed E-state index contributed by atoms with van der Waals surface area (Å²) in [4.78, 5) is 37.4. The minimum atomic E-state index is -2.24.